The van der Waals surface area contributed by atoms with Crippen molar-refractivity contribution >= 4 is 17.4 Å². The van der Waals surface area contributed by atoms with Gasteiger partial charge in [-0.3, -0.25) is 9.78 Å². The standard InChI is InChI=1S/C19H24N6O2/c1-4-25(14-8-7-11-20-12-14)18(26)15-13-21-16(23(15)2)17-22-27-19(24(17)3)9-5-6-10-19/h7-8,11-13H,4-6,9-10H2,1-3H3. The summed E-state index contributed by atoms with van der Waals surface area (Å²) in [6.45, 7) is 2.48. The highest BCUT2D eigenvalue weighted by molar-refractivity contribution is 6.06. The van der Waals surface area contributed by atoms with Crippen molar-refractivity contribution in [1.82, 2.24) is 19.4 Å². The minimum absolute atomic E-state index is 0.121. The Morgan fingerprint density at radius 2 is 2.07 bits per heavy atom. The molecule has 0 bridgehead atoms. The molecule has 8 nitrogen and oxygen atoms in total. The molecule has 0 aromatic carbocycles. The second-order valence-electron chi connectivity index (χ2n) is 7.01. The summed E-state index contributed by atoms with van der Waals surface area (Å²) in [5, 5.41) is 4.30. The fourth-order valence-electron chi connectivity index (χ4n) is 3.90. The zero-order valence-electron chi connectivity index (χ0n) is 15.9. The second-order valence-corrected chi connectivity index (χ2v) is 7.01. The molecule has 2 aromatic rings. The van der Waals surface area contributed by atoms with E-state index in [2.05, 4.69) is 20.0 Å². The van der Waals surface area contributed by atoms with E-state index < -0.39 is 0 Å². The first-order chi connectivity index (χ1) is 13.1. The monoisotopic (exact) mass is 368 g/mol. The third-order valence-corrected chi connectivity index (χ3v) is 5.54. The SMILES string of the molecule is CCN(C(=O)c1cnc(C2=NOC3(CCCC3)N2C)n1C)c1cccnc1. The smallest absolute Gasteiger partial charge is 0.276 e. The number of nitrogens with zero attached hydrogens (tertiary/aromatic N) is 6. The molecule has 3 heterocycles. The Hall–Kier alpha value is -2.90. The number of hydrogen-bond donors (Lipinski definition) is 0. The molecule has 142 valence electrons. The molecule has 8 heteroatoms. The van der Waals surface area contributed by atoms with Gasteiger partial charge >= 0.3 is 0 Å². The molecule has 1 saturated carbocycles. The molecule has 0 unspecified atom stereocenters. The molecule has 2 aromatic heterocycles. The molecule has 1 fully saturated rings. The van der Waals surface area contributed by atoms with E-state index in [1.807, 2.05) is 33.2 Å². The zero-order valence-corrected chi connectivity index (χ0v) is 15.9. The van der Waals surface area contributed by atoms with E-state index >= 15 is 0 Å². The maximum atomic E-state index is 13.1. The average Bonchev–Trinajstić information content (AvgIpc) is 3.39. The molecular weight excluding hydrogens is 344 g/mol. The van der Waals surface area contributed by atoms with Crippen molar-refractivity contribution in [3.63, 3.8) is 0 Å². The van der Waals surface area contributed by atoms with E-state index in [1.165, 1.54) is 0 Å². The van der Waals surface area contributed by atoms with Crippen molar-refractivity contribution < 1.29 is 9.63 Å². The predicted molar refractivity (Wildman–Crippen MR) is 101 cm³/mol. The maximum Gasteiger partial charge on any atom is 0.276 e. The Balaban J connectivity index is 1.62. The number of amides is 1. The van der Waals surface area contributed by atoms with Gasteiger partial charge in [0, 0.05) is 39.7 Å². The molecule has 1 amide bonds. The van der Waals surface area contributed by atoms with Crippen molar-refractivity contribution in [3.05, 3.63) is 42.2 Å². The van der Waals surface area contributed by atoms with Crippen molar-refractivity contribution in [1.29, 1.82) is 0 Å². The summed E-state index contributed by atoms with van der Waals surface area (Å²) in [6.07, 6.45) is 9.16. The van der Waals surface area contributed by atoms with Gasteiger partial charge in [0.15, 0.2) is 5.82 Å². The minimum Gasteiger partial charge on any atom is -0.365 e. The molecular formula is C19H24N6O2. The van der Waals surface area contributed by atoms with Gasteiger partial charge in [-0.2, -0.15) is 0 Å². The van der Waals surface area contributed by atoms with E-state index in [1.54, 1.807) is 28.1 Å². The first-order valence-electron chi connectivity index (χ1n) is 9.31. The van der Waals surface area contributed by atoms with E-state index in [0.717, 1.165) is 31.4 Å². The van der Waals surface area contributed by atoms with Crippen LogP contribution >= 0.6 is 0 Å². The van der Waals surface area contributed by atoms with Gasteiger partial charge in [-0.1, -0.05) is 5.16 Å². The summed E-state index contributed by atoms with van der Waals surface area (Å²) in [5.74, 6) is 1.18. The molecule has 0 saturated heterocycles. The summed E-state index contributed by atoms with van der Waals surface area (Å²) < 4.78 is 1.79. The van der Waals surface area contributed by atoms with E-state index in [9.17, 15) is 4.79 Å². The number of amidine groups is 1. The second kappa shape index (κ2) is 6.68. The molecule has 0 radical (unpaired) electrons. The molecule has 1 aliphatic heterocycles. The highest BCUT2D eigenvalue weighted by Gasteiger charge is 2.47. The van der Waals surface area contributed by atoms with Gasteiger partial charge in [0.25, 0.3) is 5.91 Å². The molecule has 27 heavy (non-hydrogen) atoms. The average molecular weight is 368 g/mol. The first kappa shape index (κ1) is 17.5. The van der Waals surface area contributed by atoms with Gasteiger partial charge in [-0.25, -0.2) is 4.98 Å². The van der Waals surface area contributed by atoms with Crippen LogP contribution in [0.15, 0.2) is 35.9 Å². The Morgan fingerprint density at radius 3 is 2.74 bits per heavy atom. The van der Waals surface area contributed by atoms with Crippen LogP contribution in [0.3, 0.4) is 0 Å². The number of pyridine rings is 1. The van der Waals surface area contributed by atoms with E-state index in [0.29, 0.717) is 23.9 Å². The van der Waals surface area contributed by atoms with Crippen LogP contribution < -0.4 is 4.90 Å². The molecule has 1 aliphatic carbocycles. The van der Waals surface area contributed by atoms with Gasteiger partial charge in [0.05, 0.1) is 18.1 Å². The number of carbonyl (C=O) groups is 1. The summed E-state index contributed by atoms with van der Waals surface area (Å²) in [7, 11) is 3.82. The first-order valence-corrected chi connectivity index (χ1v) is 9.31. The Labute approximate surface area is 158 Å². The highest BCUT2D eigenvalue weighted by atomic mass is 16.7. The number of rotatable bonds is 4. The number of aromatic nitrogens is 3. The van der Waals surface area contributed by atoms with Crippen LogP contribution in [0.1, 0.15) is 48.9 Å². The lowest BCUT2D eigenvalue weighted by atomic mass is 10.1. The lowest BCUT2D eigenvalue weighted by Crippen LogP contribution is -2.44. The Morgan fingerprint density at radius 1 is 1.30 bits per heavy atom. The number of carbonyl (C=O) groups excluding carboxylic acids is 1. The largest absolute Gasteiger partial charge is 0.365 e. The van der Waals surface area contributed by atoms with Crippen LogP contribution in [0.5, 0.6) is 0 Å². The van der Waals surface area contributed by atoms with Gasteiger partial charge in [0.2, 0.25) is 11.6 Å². The van der Waals surface area contributed by atoms with Crippen molar-refractivity contribution in [3.8, 4) is 0 Å². The van der Waals surface area contributed by atoms with Crippen LogP contribution in [0.4, 0.5) is 5.69 Å². The summed E-state index contributed by atoms with van der Waals surface area (Å²) in [5.41, 5.74) is 0.909. The lowest BCUT2D eigenvalue weighted by Gasteiger charge is -2.30. The fourth-order valence-corrected chi connectivity index (χ4v) is 3.90. The van der Waals surface area contributed by atoms with Crippen LogP contribution in [0, 0.1) is 0 Å². The van der Waals surface area contributed by atoms with Crippen LogP contribution in [-0.2, 0) is 11.9 Å². The van der Waals surface area contributed by atoms with Crippen LogP contribution in [0.2, 0.25) is 0 Å². The van der Waals surface area contributed by atoms with E-state index in [-0.39, 0.29) is 11.6 Å². The summed E-state index contributed by atoms with van der Waals surface area (Å²) in [4.78, 5) is 31.3. The highest BCUT2D eigenvalue weighted by Crippen LogP contribution is 2.40. The summed E-state index contributed by atoms with van der Waals surface area (Å²) >= 11 is 0. The van der Waals surface area contributed by atoms with Crippen molar-refractivity contribution in [2.24, 2.45) is 12.2 Å². The topological polar surface area (TPSA) is 75.9 Å². The van der Waals surface area contributed by atoms with Crippen LogP contribution in [-0.4, -0.2) is 50.5 Å². The normalized spacial score (nSPS) is 17.9. The molecule has 4 rings (SSSR count). The number of hydrogen-bond acceptors (Lipinski definition) is 6. The van der Waals surface area contributed by atoms with Gasteiger partial charge in [-0.15, -0.1) is 0 Å². The molecule has 0 N–H and O–H groups in total. The minimum atomic E-state index is -0.351. The predicted octanol–water partition coefficient (Wildman–Crippen LogP) is 2.38. The quantitative estimate of drug-likeness (QED) is 0.828. The fraction of sp³-hybridized carbons (Fsp3) is 0.474. The summed E-state index contributed by atoms with van der Waals surface area (Å²) in [6, 6.07) is 3.69. The van der Waals surface area contributed by atoms with Gasteiger partial charge in [-0.05, 0) is 31.9 Å². The van der Waals surface area contributed by atoms with E-state index in [4.69, 9.17) is 4.84 Å². The lowest BCUT2D eigenvalue weighted by molar-refractivity contribution is -0.0841. The zero-order chi connectivity index (χ0) is 19.0. The Bertz CT molecular complexity index is 870. The van der Waals surface area contributed by atoms with Gasteiger partial charge in [0.1, 0.15) is 5.69 Å². The third-order valence-electron chi connectivity index (χ3n) is 5.54. The van der Waals surface area contributed by atoms with Crippen LogP contribution in [0.25, 0.3) is 0 Å². The molecule has 1 spiro atoms. The number of oxime groups is 1. The third kappa shape index (κ3) is 2.75. The number of anilines is 1. The maximum absolute atomic E-state index is 13.1. The molecule has 2 aliphatic rings. The molecule has 0 atom stereocenters. The Kier molecular flexibility index (Phi) is 4.33. The van der Waals surface area contributed by atoms with Gasteiger partial charge < -0.3 is 19.2 Å². The van der Waals surface area contributed by atoms with Crippen molar-refractivity contribution in [2.45, 2.75) is 38.3 Å². The number of imidazole rings is 1. The van der Waals surface area contributed by atoms with Crippen molar-refractivity contribution in [2.75, 3.05) is 18.5 Å².